The smallest absolute Gasteiger partial charge is 0.296 e. The number of benzene rings is 2. The lowest BCUT2D eigenvalue weighted by Gasteiger charge is -2.29. The van der Waals surface area contributed by atoms with E-state index in [2.05, 4.69) is 28.1 Å². The molecule has 0 aliphatic carbocycles. The lowest BCUT2D eigenvalue weighted by Crippen LogP contribution is -2.36. The summed E-state index contributed by atoms with van der Waals surface area (Å²) in [6, 6.07) is 13.4. The number of hydrogen-bond donors (Lipinski definition) is 1. The summed E-state index contributed by atoms with van der Waals surface area (Å²) in [7, 11) is 1.68. The number of nitrogens with zero attached hydrogens (tertiary/aromatic N) is 1. The molecular weight excluding hydrogens is 368 g/mol. The van der Waals surface area contributed by atoms with Crippen molar-refractivity contribution >= 4 is 5.91 Å². The molecule has 2 aliphatic rings. The fourth-order valence-corrected chi connectivity index (χ4v) is 3.77. The molecule has 0 saturated carbocycles. The second-order valence-corrected chi connectivity index (χ2v) is 7.03. The van der Waals surface area contributed by atoms with E-state index in [9.17, 15) is 4.79 Å². The second-order valence-electron chi connectivity index (χ2n) is 7.03. The Hall–Kier alpha value is -3.17. The maximum absolute atomic E-state index is 12.4. The SMILES string of the molecule is COc1ccccc1[C@H](CNC(=O)C#Cc1ccc2c(c1)OCO2)N1CCCC1. The Morgan fingerprint density at radius 1 is 1.17 bits per heavy atom. The Balaban J connectivity index is 1.44. The molecule has 1 N–H and O–H groups in total. The van der Waals surface area contributed by atoms with Crippen molar-refractivity contribution in [3.8, 4) is 29.1 Å². The van der Waals surface area contributed by atoms with Gasteiger partial charge in [-0.25, -0.2) is 0 Å². The summed E-state index contributed by atoms with van der Waals surface area (Å²) in [5.41, 5.74) is 1.80. The number of carbonyl (C=O) groups is 1. The van der Waals surface area contributed by atoms with Crippen LogP contribution in [0.3, 0.4) is 0 Å². The third-order valence-corrected chi connectivity index (χ3v) is 5.23. The van der Waals surface area contributed by atoms with Crippen LogP contribution < -0.4 is 19.5 Å². The van der Waals surface area contributed by atoms with E-state index >= 15 is 0 Å². The molecule has 2 heterocycles. The summed E-state index contributed by atoms with van der Waals surface area (Å²) in [5, 5.41) is 2.97. The maximum atomic E-state index is 12.4. The third-order valence-electron chi connectivity index (χ3n) is 5.23. The number of amides is 1. The Morgan fingerprint density at radius 2 is 1.97 bits per heavy atom. The summed E-state index contributed by atoms with van der Waals surface area (Å²) in [6.07, 6.45) is 2.34. The van der Waals surface area contributed by atoms with E-state index in [-0.39, 0.29) is 18.7 Å². The zero-order valence-electron chi connectivity index (χ0n) is 16.4. The topological polar surface area (TPSA) is 60.0 Å². The minimum absolute atomic E-state index is 0.0601. The lowest BCUT2D eigenvalue weighted by molar-refractivity contribution is -0.115. The fourth-order valence-electron chi connectivity index (χ4n) is 3.77. The molecule has 4 rings (SSSR count). The molecule has 1 fully saturated rings. The van der Waals surface area contributed by atoms with Gasteiger partial charge in [0.2, 0.25) is 6.79 Å². The van der Waals surface area contributed by atoms with Crippen molar-refractivity contribution in [1.29, 1.82) is 0 Å². The molecule has 0 radical (unpaired) electrons. The zero-order chi connectivity index (χ0) is 20.1. The normalized spacial score (nSPS) is 16.0. The predicted molar refractivity (Wildman–Crippen MR) is 109 cm³/mol. The molecule has 0 unspecified atom stereocenters. The highest BCUT2D eigenvalue weighted by Gasteiger charge is 2.26. The van der Waals surface area contributed by atoms with Gasteiger partial charge in [-0.1, -0.05) is 24.1 Å². The van der Waals surface area contributed by atoms with Crippen LogP contribution in [0.1, 0.15) is 30.0 Å². The van der Waals surface area contributed by atoms with Crippen molar-refractivity contribution in [3.05, 3.63) is 53.6 Å². The average molecular weight is 392 g/mol. The van der Waals surface area contributed by atoms with Gasteiger partial charge in [0.25, 0.3) is 5.91 Å². The van der Waals surface area contributed by atoms with Gasteiger partial charge in [-0.15, -0.1) is 0 Å². The van der Waals surface area contributed by atoms with Crippen LogP contribution in [0.2, 0.25) is 0 Å². The summed E-state index contributed by atoms with van der Waals surface area (Å²) in [6.45, 7) is 2.73. The predicted octanol–water partition coefficient (Wildman–Crippen LogP) is 2.73. The van der Waals surface area contributed by atoms with Crippen molar-refractivity contribution in [3.63, 3.8) is 0 Å². The van der Waals surface area contributed by atoms with Crippen molar-refractivity contribution in [1.82, 2.24) is 10.2 Å². The Kier molecular flexibility index (Phi) is 5.87. The average Bonchev–Trinajstić information content (AvgIpc) is 3.44. The number of methoxy groups -OCH3 is 1. The first-order valence-electron chi connectivity index (χ1n) is 9.81. The molecule has 150 valence electrons. The van der Waals surface area contributed by atoms with Crippen LogP contribution in [0.4, 0.5) is 0 Å². The van der Waals surface area contributed by atoms with Crippen molar-refractivity contribution in [2.45, 2.75) is 18.9 Å². The molecule has 6 nitrogen and oxygen atoms in total. The summed E-state index contributed by atoms with van der Waals surface area (Å²) in [4.78, 5) is 14.8. The summed E-state index contributed by atoms with van der Waals surface area (Å²) >= 11 is 0. The van der Waals surface area contributed by atoms with Crippen molar-refractivity contribution in [2.75, 3.05) is 33.5 Å². The molecule has 0 aromatic heterocycles. The minimum Gasteiger partial charge on any atom is -0.496 e. The van der Waals surface area contributed by atoms with Crippen LogP contribution in [0, 0.1) is 11.8 Å². The molecule has 0 bridgehead atoms. The zero-order valence-corrected chi connectivity index (χ0v) is 16.4. The van der Waals surface area contributed by atoms with Gasteiger partial charge in [-0.2, -0.15) is 0 Å². The number of para-hydroxylation sites is 1. The van der Waals surface area contributed by atoms with Crippen LogP contribution >= 0.6 is 0 Å². The molecule has 2 aliphatic heterocycles. The van der Waals surface area contributed by atoms with Gasteiger partial charge in [0.15, 0.2) is 11.5 Å². The van der Waals surface area contributed by atoms with Gasteiger partial charge in [0.1, 0.15) is 5.75 Å². The first-order valence-corrected chi connectivity index (χ1v) is 9.81. The molecule has 1 saturated heterocycles. The largest absolute Gasteiger partial charge is 0.496 e. The highest BCUT2D eigenvalue weighted by molar-refractivity contribution is 5.94. The number of carbonyl (C=O) groups excluding carboxylic acids is 1. The Morgan fingerprint density at radius 3 is 2.79 bits per heavy atom. The minimum atomic E-state index is -0.304. The number of ether oxygens (including phenoxy) is 3. The number of nitrogens with one attached hydrogen (secondary N) is 1. The van der Waals surface area contributed by atoms with Crippen molar-refractivity contribution in [2.24, 2.45) is 0 Å². The van der Waals surface area contributed by atoms with Gasteiger partial charge >= 0.3 is 0 Å². The van der Waals surface area contributed by atoms with Gasteiger partial charge in [-0.3, -0.25) is 9.69 Å². The highest BCUT2D eigenvalue weighted by atomic mass is 16.7. The van der Waals surface area contributed by atoms with Crippen LogP contribution in [0.15, 0.2) is 42.5 Å². The van der Waals surface area contributed by atoms with E-state index in [4.69, 9.17) is 14.2 Å². The summed E-state index contributed by atoms with van der Waals surface area (Å²) in [5.74, 6) is 7.45. The molecule has 2 aromatic rings. The number of fused-ring (bicyclic) bond motifs is 1. The van der Waals surface area contributed by atoms with Gasteiger partial charge in [0.05, 0.1) is 13.2 Å². The van der Waals surface area contributed by atoms with E-state index in [1.807, 2.05) is 24.3 Å². The highest BCUT2D eigenvalue weighted by Crippen LogP contribution is 2.32. The van der Waals surface area contributed by atoms with E-state index < -0.39 is 0 Å². The molecule has 2 aromatic carbocycles. The van der Waals surface area contributed by atoms with Crippen molar-refractivity contribution < 1.29 is 19.0 Å². The van der Waals surface area contributed by atoms with E-state index in [0.717, 1.165) is 24.4 Å². The van der Waals surface area contributed by atoms with Crippen LogP contribution in [-0.2, 0) is 4.79 Å². The second kappa shape index (κ2) is 8.89. The molecular formula is C23H24N2O4. The number of rotatable bonds is 5. The van der Waals surface area contributed by atoms with Gasteiger partial charge in [-0.05, 0) is 50.2 Å². The Labute approximate surface area is 170 Å². The van der Waals surface area contributed by atoms with Gasteiger partial charge in [0, 0.05) is 23.6 Å². The maximum Gasteiger partial charge on any atom is 0.296 e. The first-order chi connectivity index (χ1) is 14.2. The standard InChI is InChI=1S/C23H24N2O4/c1-27-20-7-3-2-6-18(20)19(25-12-4-5-13-25)15-24-23(26)11-9-17-8-10-21-22(14-17)29-16-28-21/h2-3,6-8,10,14,19H,4-5,12-13,15-16H2,1H3,(H,24,26)/t19-/m0/s1. The van der Waals surface area contributed by atoms with Crippen LogP contribution in [0.5, 0.6) is 17.2 Å². The first kappa shape index (κ1) is 19.2. The van der Waals surface area contributed by atoms with Crippen LogP contribution in [0.25, 0.3) is 0 Å². The lowest BCUT2D eigenvalue weighted by atomic mass is 10.0. The monoisotopic (exact) mass is 392 g/mol. The third kappa shape index (κ3) is 4.47. The Bertz CT molecular complexity index is 941. The van der Waals surface area contributed by atoms with E-state index in [0.29, 0.717) is 23.6 Å². The van der Waals surface area contributed by atoms with Crippen LogP contribution in [-0.4, -0.2) is 44.3 Å². The van der Waals surface area contributed by atoms with Gasteiger partial charge < -0.3 is 19.5 Å². The summed E-state index contributed by atoms with van der Waals surface area (Å²) < 4.78 is 16.2. The number of hydrogen-bond acceptors (Lipinski definition) is 5. The molecule has 1 amide bonds. The molecule has 1 atom stereocenters. The quantitative estimate of drug-likeness (QED) is 0.793. The van der Waals surface area contributed by atoms with E-state index in [1.165, 1.54) is 12.8 Å². The molecule has 29 heavy (non-hydrogen) atoms. The molecule has 0 spiro atoms. The number of likely N-dealkylation sites (tertiary alicyclic amines) is 1. The fraction of sp³-hybridized carbons (Fsp3) is 0.348. The molecule has 6 heteroatoms. The van der Waals surface area contributed by atoms with E-state index in [1.54, 1.807) is 19.2 Å².